The maximum Gasteiger partial charge on any atom is 0.225 e. The summed E-state index contributed by atoms with van der Waals surface area (Å²) in [6.07, 6.45) is 1.91. The van der Waals surface area contributed by atoms with Crippen molar-refractivity contribution >= 4 is 21.3 Å². The number of nitrogens with zero attached hydrogens (tertiary/aromatic N) is 6. The van der Waals surface area contributed by atoms with E-state index >= 15 is 0 Å². The Hall–Kier alpha value is -3.85. The van der Waals surface area contributed by atoms with Crippen LogP contribution in [0, 0.1) is 28.5 Å². The van der Waals surface area contributed by atoms with Crippen molar-refractivity contribution in [3.05, 3.63) is 60.3 Å². The Bertz CT molecular complexity index is 1580. The second kappa shape index (κ2) is 11.2. The third-order valence-electron chi connectivity index (χ3n) is 8.63. The predicted molar refractivity (Wildman–Crippen MR) is 153 cm³/mol. The van der Waals surface area contributed by atoms with Gasteiger partial charge in [0.25, 0.3) is 0 Å². The first-order chi connectivity index (χ1) is 19.6. The Morgan fingerprint density at radius 2 is 1.93 bits per heavy atom. The molecule has 1 amide bonds. The van der Waals surface area contributed by atoms with Gasteiger partial charge in [-0.2, -0.15) is 10.4 Å². The minimum Gasteiger partial charge on any atom is -0.370 e. The standard InChI is InChI=1S/C29H33F2N7O2S/c1-19(16-32)29(28(33)39)15-21(30)5-9-25(29)27-24(18-38(36-27)26-10-6-22(31)17-35-26)20-3-7-23(8-4-20)37-11-13-41(40,34-2)14-12-37/h3-4,6-8,10,17-19,21,25H,5,9,11-15H2,1-2H3,(H2,33,39)/t19-,21?,25?,29?/m1/s1. The van der Waals surface area contributed by atoms with Crippen LogP contribution in [0.2, 0.25) is 0 Å². The van der Waals surface area contributed by atoms with E-state index in [4.69, 9.17) is 10.8 Å². The largest absolute Gasteiger partial charge is 0.370 e. The molecule has 0 bridgehead atoms. The number of nitriles is 1. The van der Waals surface area contributed by atoms with Gasteiger partial charge in [0.2, 0.25) is 5.91 Å². The molecule has 2 aliphatic rings. The van der Waals surface area contributed by atoms with Crippen molar-refractivity contribution in [1.29, 1.82) is 5.26 Å². The monoisotopic (exact) mass is 581 g/mol. The summed E-state index contributed by atoms with van der Waals surface area (Å²) in [5, 5.41) is 14.7. The number of carbonyl (C=O) groups excluding carboxylic acids is 1. The van der Waals surface area contributed by atoms with Crippen LogP contribution in [0.15, 0.2) is 53.2 Å². The minimum atomic E-state index is -2.14. The molecule has 1 aliphatic carbocycles. The Balaban J connectivity index is 1.59. The quantitative estimate of drug-likeness (QED) is 0.464. The van der Waals surface area contributed by atoms with Gasteiger partial charge in [-0.25, -0.2) is 27.0 Å². The van der Waals surface area contributed by atoms with Crippen LogP contribution >= 0.6 is 0 Å². The highest BCUT2D eigenvalue weighted by Gasteiger charge is 2.54. The molecular weight excluding hydrogens is 548 g/mol. The molecular formula is C29H33F2N7O2S. The van der Waals surface area contributed by atoms with Gasteiger partial charge in [0, 0.05) is 64.7 Å². The van der Waals surface area contributed by atoms with Gasteiger partial charge < -0.3 is 10.6 Å². The smallest absolute Gasteiger partial charge is 0.225 e. The van der Waals surface area contributed by atoms with Crippen molar-refractivity contribution in [2.24, 2.45) is 21.4 Å². The van der Waals surface area contributed by atoms with E-state index in [0.29, 0.717) is 41.7 Å². The molecule has 1 aliphatic heterocycles. The van der Waals surface area contributed by atoms with E-state index in [2.05, 4.69) is 20.3 Å². The molecule has 4 atom stereocenters. The van der Waals surface area contributed by atoms with Gasteiger partial charge >= 0.3 is 0 Å². The molecule has 3 unspecified atom stereocenters. The highest BCUT2D eigenvalue weighted by molar-refractivity contribution is 7.93. The van der Waals surface area contributed by atoms with Gasteiger partial charge in [-0.1, -0.05) is 12.1 Å². The van der Waals surface area contributed by atoms with Crippen LogP contribution in [0.3, 0.4) is 0 Å². The lowest BCUT2D eigenvalue weighted by molar-refractivity contribution is -0.135. The van der Waals surface area contributed by atoms with Crippen LogP contribution in [-0.2, 0) is 14.5 Å². The van der Waals surface area contributed by atoms with E-state index in [0.717, 1.165) is 17.4 Å². The Morgan fingerprint density at radius 3 is 2.51 bits per heavy atom. The van der Waals surface area contributed by atoms with Gasteiger partial charge in [0.05, 0.1) is 29.3 Å². The summed E-state index contributed by atoms with van der Waals surface area (Å²) in [6, 6.07) is 12.7. The first-order valence-corrected chi connectivity index (χ1v) is 15.5. The number of carbonyl (C=O) groups is 1. The third-order valence-corrected chi connectivity index (χ3v) is 10.9. The van der Waals surface area contributed by atoms with E-state index in [1.165, 1.54) is 16.8 Å². The zero-order chi connectivity index (χ0) is 29.4. The topological polar surface area (TPSA) is 130 Å². The van der Waals surface area contributed by atoms with Gasteiger partial charge in [0.15, 0.2) is 5.82 Å². The molecule has 2 N–H and O–H groups in total. The minimum absolute atomic E-state index is 0.163. The maximum atomic E-state index is 14.8. The average Bonchev–Trinajstić information content (AvgIpc) is 3.42. The lowest BCUT2D eigenvalue weighted by Crippen LogP contribution is -2.50. The summed E-state index contributed by atoms with van der Waals surface area (Å²) in [6.45, 7) is 2.87. The third kappa shape index (κ3) is 5.30. The number of hydrogen-bond acceptors (Lipinski definition) is 7. The normalized spacial score (nSPS) is 24.8. The molecule has 41 heavy (non-hydrogen) atoms. The summed E-state index contributed by atoms with van der Waals surface area (Å²) in [7, 11) is -0.533. The van der Waals surface area contributed by atoms with Crippen molar-refractivity contribution in [3.8, 4) is 23.0 Å². The van der Waals surface area contributed by atoms with Crippen LogP contribution in [0.1, 0.15) is 37.8 Å². The first kappa shape index (κ1) is 28.7. The first-order valence-electron chi connectivity index (χ1n) is 13.6. The number of benzene rings is 1. The number of anilines is 1. The Morgan fingerprint density at radius 1 is 1.22 bits per heavy atom. The van der Waals surface area contributed by atoms with Crippen molar-refractivity contribution in [2.75, 3.05) is 36.5 Å². The number of hydrogen-bond donors (Lipinski definition) is 1. The van der Waals surface area contributed by atoms with E-state index in [1.54, 1.807) is 20.2 Å². The number of nitrogens with two attached hydrogens (primary N) is 1. The molecule has 1 saturated carbocycles. The summed E-state index contributed by atoms with van der Waals surface area (Å²) < 4.78 is 46.6. The maximum absolute atomic E-state index is 14.8. The van der Waals surface area contributed by atoms with E-state index < -0.39 is 44.9 Å². The van der Waals surface area contributed by atoms with E-state index in [1.807, 2.05) is 24.3 Å². The average molecular weight is 582 g/mol. The summed E-state index contributed by atoms with van der Waals surface area (Å²) in [4.78, 5) is 19.4. The molecule has 2 fully saturated rings. The van der Waals surface area contributed by atoms with Crippen LogP contribution < -0.4 is 10.6 Å². The summed E-state index contributed by atoms with van der Waals surface area (Å²) in [5.74, 6) is -1.30. The van der Waals surface area contributed by atoms with Gasteiger partial charge in [-0.15, -0.1) is 0 Å². The molecule has 12 heteroatoms. The zero-order valence-corrected chi connectivity index (χ0v) is 23.9. The van der Waals surface area contributed by atoms with Gasteiger partial charge in [0.1, 0.15) is 12.0 Å². The van der Waals surface area contributed by atoms with Crippen molar-refractivity contribution < 1.29 is 17.8 Å². The van der Waals surface area contributed by atoms with Crippen molar-refractivity contribution in [3.63, 3.8) is 0 Å². The second-order valence-electron chi connectivity index (χ2n) is 10.8. The number of halogens is 2. The van der Waals surface area contributed by atoms with E-state index in [9.17, 15) is 23.0 Å². The molecule has 3 aromatic rings. The number of alkyl halides is 1. The lowest BCUT2D eigenvalue weighted by Gasteiger charge is -2.44. The zero-order valence-electron chi connectivity index (χ0n) is 23.0. The molecule has 0 radical (unpaired) electrons. The fourth-order valence-electron chi connectivity index (χ4n) is 6.18. The van der Waals surface area contributed by atoms with Crippen molar-refractivity contribution in [1.82, 2.24) is 14.8 Å². The lowest BCUT2D eigenvalue weighted by atomic mass is 9.58. The molecule has 216 valence electrons. The fraction of sp³-hybridized carbons (Fsp3) is 0.448. The van der Waals surface area contributed by atoms with Crippen molar-refractivity contribution in [2.45, 2.75) is 38.3 Å². The van der Waals surface area contributed by atoms with Crippen LogP contribution in [0.25, 0.3) is 16.9 Å². The van der Waals surface area contributed by atoms with Crippen LogP contribution in [-0.4, -0.2) is 62.7 Å². The van der Waals surface area contributed by atoms with Gasteiger partial charge in [-0.3, -0.25) is 4.79 Å². The number of amides is 1. The molecule has 5 rings (SSSR count). The molecule has 3 heterocycles. The number of primary amides is 1. The molecule has 1 saturated heterocycles. The van der Waals surface area contributed by atoms with E-state index in [-0.39, 0.29) is 19.3 Å². The molecule has 0 spiro atoms. The fourth-order valence-corrected chi connectivity index (χ4v) is 7.76. The predicted octanol–water partition coefficient (Wildman–Crippen LogP) is 4.23. The number of aromatic nitrogens is 3. The number of rotatable bonds is 6. The van der Waals surface area contributed by atoms with Gasteiger partial charge in [-0.05, 0) is 56.0 Å². The van der Waals surface area contributed by atoms with Crippen LogP contribution in [0.4, 0.5) is 14.5 Å². The summed E-state index contributed by atoms with van der Waals surface area (Å²) in [5.41, 5.74) is 7.46. The highest BCUT2D eigenvalue weighted by atomic mass is 32.2. The Kier molecular flexibility index (Phi) is 7.83. The van der Waals surface area contributed by atoms with Crippen LogP contribution in [0.5, 0.6) is 0 Å². The molecule has 9 nitrogen and oxygen atoms in total. The SMILES string of the molecule is CN=S1(=O)CCN(c2ccc(-c3cn(-c4ccc(F)cn4)nc3C3CCC(F)CC3(C(N)=O)[C@H](C)C#N)cc2)CC1. The number of pyridine rings is 1. The summed E-state index contributed by atoms with van der Waals surface area (Å²) >= 11 is 0. The molecule has 1 aromatic carbocycles. The molecule has 2 aromatic heterocycles. The second-order valence-corrected chi connectivity index (χ2v) is 13.5. The Labute approximate surface area is 238 Å². The highest BCUT2D eigenvalue weighted by Crippen LogP contribution is 2.54.